The number of urea groups is 1. The molecule has 0 aliphatic heterocycles. The first-order valence-corrected chi connectivity index (χ1v) is 6.38. The summed E-state index contributed by atoms with van der Waals surface area (Å²) < 4.78 is 13.3. The van der Waals surface area contributed by atoms with E-state index in [0.29, 0.717) is 0 Å². The highest BCUT2D eigenvalue weighted by Crippen LogP contribution is 2.31. The van der Waals surface area contributed by atoms with E-state index in [1.165, 1.54) is 0 Å². The lowest BCUT2D eigenvalue weighted by molar-refractivity contribution is -0.137. The van der Waals surface area contributed by atoms with Gasteiger partial charge in [0.1, 0.15) is 12.4 Å². The van der Waals surface area contributed by atoms with E-state index in [1.807, 2.05) is 0 Å². The molecular formula is C12H9BrClFN2O3. The minimum absolute atomic E-state index is 0.0267. The standard InChI is InChI=1S/C12H9BrClFN2O3/c1-2-3-17(6-10(18)19)12(20)16-11-8(13)4-7(15)5-9(11)14/h1,4-5H,3,6H2,(H,16,20)(H,18,19). The second-order valence-corrected chi connectivity index (χ2v) is 4.89. The van der Waals surface area contributed by atoms with Gasteiger partial charge in [0, 0.05) is 4.47 Å². The summed E-state index contributed by atoms with van der Waals surface area (Å²) in [6, 6.07) is 1.38. The lowest BCUT2D eigenvalue weighted by Gasteiger charge is -2.19. The maximum atomic E-state index is 13.1. The molecule has 2 N–H and O–H groups in total. The van der Waals surface area contributed by atoms with Gasteiger partial charge in [0.2, 0.25) is 0 Å². The maximum Gasteiger partial charge on any atom is 0.323 e. The Morgan fingerprint density at radius 3 is 2.70 bits per heavy atom. The van der Waals surface area contributed by atoms with Crippen molar-refractivity contribution < 1.29 is 19.1 Å². The van der Waals surface area contributed by atoms with E-state index < -0.39 is 24.4 Å². The summed E-state index contributed by atoms with van der Waals surface area (Å²) in [5.74, 6) is 0.389. The summed E-state index contributed by atoms with van der Waals surface area (Å²) in [6.45, 7) is -0.749. The molecule has 0 aliphatic carbocycles. The predicted octanol–water partition coefficient (Wildman–Crippen LogP) is 2.79. The number of nitrogens with one attached hydrogen (secondary N) is 1. The number of carboxylic acids is 1. The average molecular weight is 364 g/mol. The number of hydrogen-bond acceptors (Lipinski definition) is 2. The summed E-state index contributed by atoms with van der Waals surface area (Å²) >= 11 is 8.86. The first-order chi connectivity index (χ1) is 9.35. The minimum atomic E-state index is -1.21. The normalized spacial score (nSPS) is 9.70. The highest BCUT2D eigenvalue weighted by molar-refractivity contribution is 9.10. The molecule has 0 aromatic heterocycles. The molecule has 0 saturated carbocycles. The fourth-order valence-corrected chi connectivity index (χ4v) is 2.22. The number of rotatable bonds is 4. The number of nitrogens with zero attached hydrogens (tertiary/aromatic N) is 1. The SMILES string of the molecule is C#CCN(CC(=O)O)C(=O)Nc1c(Cl)cc(F)cc1Br. The van der Waals surface area contributed by atoms with Crippen LogP contribution in [0.4, 0.5) is 14.9 Å². The molecule has 20 heavy (non-hydrogen) atoms. The summed E-state index contributed by atoms with van der Waals surface area (Å²) in [7, 11) is 0. The number of carbonyl (C=O) groups is 2. The van der Waals surface area contributed by atoms with Crippen molar-refractivity contribution in [2.24, 2.45) is 0 Å². The third kappa shape index (κ3) is 4.40. The van der Waals surface area contributed by atoms with Gasteiger partial charge in [-0.15, -0.1) is 6.42 Å². The Morgan fingerprint density at radius 1 is 1.55 bits per heavy atom. The topological polar surface area (TPSA) is 69.6 Å². The second-order valence-electron chi connectivity index (χ2n) is 3.63. The van der Waals surface area contributed by atoms with E-state index in [9.17, 15) is 14.0 Å². The largest absolute Gasteiger partial charge is 0.480 e. The maximum absolute atomic E-state index is 13.1. The highest BCUT2D eigenvalue weighted by Gasteiger charge is 2.18. The van der Waals surface area contributed by atoms with Gasteiger partial charge in [-0.05, 0) is 28.1 Å². The smallest absolute Gasteiger partial charge is 0.323 e. The summed E-state index contributed by atoms with van der Waals surface area (Å²) in [5, 5.41) is 11.0. The molecule has 5 nitrogen and oxygen atoms in total. The number of amides is 2. The predicted molar refractivity (Wildman–Crippen MR) is 76.2 cm³/mol. The number of terminal acetylenes is 1. The minimum Gasteiger partial charge on any atom is -0.480 e. The van der Waals surface area contributed by atoms with Crippen molar-refractivity contribution >= 4 is 45.2 Å². The van der Waals surface area contributed by atoms with E-state index in [1.54, 1.807) is 0 Å². The van der Waals surface area contributed by atoms with Crippen LogP contribution in [0.15, 0.2) is 16.6 Å². The van der Waals surface area contributed by atoms with Gasteiger partial charge < -0.3 is 15.3 Å². The van der Waals surface area contributed by atoms with Crippen molar-refractivity contribution in [1.29, 1.82) is 0 Å². The van der Waals surface area contributed by atoms with Crippen molar-refractivity contribution in [3.05, 3.63) is 27.4 Å². The van der Waals surface area contributed by atoms with Gasteiger partial charge in [0.05, 0.1) is 17.3 Å². The number of halogens is 3. The molecule has 0 bridgehead atoms. The Balaban J connectivity index is 2.94. The van der Waals surface area contributed by atoms with Gasteiger partial charge in [0.15, 0.2) is 0 Å². The van der Waals surface area contributed by atoms with Gasteiger partial charge in [0.25, 0.3) is 0 Å². The van der Waals surface area contributed by atoms with Crippen LogP contribution in [0.2, 0.25) is 5.02 Å². The molecule has 2 amide bonds. The molecule has 1 aromatic carbocycles. The fraction of sp³-hybridized carbons (Fsp3) is 0.167. The van der Waals surface area contributed by atoms with E-state index >= 15 is 0 Å². The van der Waals surface area contributed by atoms with Crippen LogP contribution >= 0.6 is 27.5 Å². The Bertz CT molecular complexity index is 566. The molecule has 0 fully saturated rings. The van der Waals surface area contributed by atoms with Crippen LogP contribution in [-0.4, -0.2) is 35.1 Å². The van der Waals surface area contributed by atoms with Crippen LogP contribution in [0.1, 0.15) is 0 Å². The van der Waals surface area contributed by atoms with Crippen molar-refractivity contribution in [3.8, 4) is 12.3 Å². The lowest BCUT2D eigenvalue weighted by Crippen LogP contribution is -2.39. The van der Waals surface area contributed by atoms with Gasteiger partial charge in [-0.3, -0.25) is 4.79 Å². The van der Waals surface area contributed by atoms with E-state index in [2.05, 4.69) is 27.2 Å². The molecule has 106 valence electrons. The molecule has 0 unspecified atom stereocenters. The number of aliphatic carboxylic acids is 1. The van der Waals surface area contributed by atoms with Crippen LogP contribution in [-0.2, 0) is 4.79 Å². The number of carbonyl (C=O) groups excluding carboxylic acids is 1. The van der Waals surface area contributed by atoms with Crippen LogP contribution in [0.5, 0.6) is 0 Å². The van der Waals surface area contributed by atoms with Crippen molar-refractivity contribution in [2.75, 3.05) is 18.4 Å². The molecule has 0 saturated heterocycles. The zero-order chi connectivity index (χ0) is 15.3. The molecule has 1 aromatic rings. The molecule has 8 heteroatoms. The second kappa shape index (κ2) is 7.12. The van der Waals surface area contributed by atoms with Crippen molar-refractivity contribution in [1.82, 2.24) is 4.90 Å². The third-order valence-electron chi connectivity index (χ3n) is 2.13. The van der Waals surface area contributed by atoms with Gasteiger partial charge in [-0.25, -0.2) is 9.18 Å². The molecular weight excluding hydrogens is 354 g/mol. The monoisotopic (exact) mass is 362 g/mol. The van der Waals surface area contributed by atoms with E-state index in [0.717, 1.165) is 17.0 Å². The van der Waals surface area contributed by atoms with E-state index in [4.69, 9.17) is 23.1 Å². The lowest BCUT2D eigenvalue weighted by atomic mass is 10.3. The number of hydrogen-bond donors (Lipinski definition) is 2. The van der Waals surface area contributed by atoms with Crippen molar-refractivity contribution in [3.63, 3.8) is 0 Å². The highest BCUT2D eigenvalue weighted by atomic mass is 79.9. The number of anilines is 1. The zero-order valence-corrected chi connectivity index (χ0v) is 12.3. The fourth-order valence-electron chi connectivity index (χ4n) is 1.32. The molecule has 0 heterocycles. The quantitative estimate of drug-likeness (QED) is 0.808. The van der Waals surface area contributed by atoms with Gasteiger partial charge in [-0.2, -0.15) is 0 Å². The van der Waals surface area contributed by atoms with Crippen molar-refractivity contribution in [2.45, 2.75) is 0 Å². The molecule has 0 radical (unpaired) electrons. The molecule has 0 aliphatic rings. The zero-order valence-electron chi connectivity index (χ0n) is 9.99. The number of carboxylic acid groups (broad SMARTS) is 1. The Labute approximate surface area is 127 Å². The van der Waals surface area contributed by atoms with Gasteiger partial charge >= 0.3 is 12.0 Å². The molecule has 1 rings (SSSR count). The van der Waals surface area contributed by atoms with Crippen LogP contribution in [0.3, 0.4) is 0 Å². The first kappa shape index (κ1) is 16.3. The van der Waals surface area contributed by atoms with Crippen LogP contribution in [0.25, 0.3) is 0 Å². The Kier molecular flexibility index (Phi) is 5.80. The van der Waals surface area contributed by atoms with Crippen LogP contribution in [0, 0.1) is 18.2 Å². The Hall–Kier alpha value is -1.78. The summed E-state index contributed by atoms with van der Waals surface area (Å²) in [6.07, 6.45) is 5.07. The first-order valence-electron chi connectivity index (χ1n) is 5.21. The average Bonchev–Trinajstić information content (AvgIpc) is 2.32. The number of benzene rings is 1. The van der Waals surface area contributed by atoms with E-state index in [-0.39, 0.29) is 21.7 Å². The van der Waals surface area contributed by atoms with Crippen LogP contribution < -0.4 is 5.32 Å². The molecule has 0 atom stereocenters. The summed E-state index contributed by atoms with van der Waals surface area (Å²) in [5.41, 5.74) is 0.130. The molecule has 0 spiro atoms. The summed E-state index contributed by atoms with van der Waals surface area (Å²) in [4.78, 5) is 23.5. The van der Waals surface area contributed by atoms with Gasteiger partial charge in [-0.1, -0.05) is 17.5 Å². The Morgan fingerprint density at radius 2 is 2.20 bits per heavy atom. The third-order valence-corrected chi connectivity index (χ3v) is 3.06.